The van der Waals surface area contributed by atoms with Gasteiger partial charge in [0.25, 0.3) is 0 Å². The maximum atomic E-state index is 4.97. The van der Waals surface area contributed by atoms with Gasteiger partial charge in [-0.25, -0.2) is 0 Å². The van der Waals surface area contributed by atoms with Crippen LogP contribution in [0.3, 0.4) is 0 Å². The van der Waals surface area contributed by atoms with E-state index in [1.165, 1.54) is 0 Å². The van der Waals surface area contributed by atoms with Gasteiger partial charge in [0.05, 0.1) is 13.2 Å². The average molecular weight is 366 g/mol. The largest absolute Gasteiger partial charge is 0.383 e. The molecule has 0 aliphatic carbocycles. The van der Waals surface area contributed by atoms with Crippen LogP contribution in [0.25, 0.3) is 0 Å². The van der Waals surface area contributed by atoms with Crippen LogP contribution in [-0.4, -0.2) is 43.9 Å². The van der Waals surface area contributed by atoms with E-state index in [2.05, 4.69) is 39.5 Å². The highest BCUT2D eigenvalue weighted by molar-refractivity contribution is 14.0. The SMILES string of the molecule is CCNC(=NCCOC)NCCn1cccc1.I. The predicted molar refractivity (Wildman–Crippen MR) is 85.7 cm³/mol. The summed E-state index contributed by atoms with van der Waals surface area (Å²) in [6.07, 6.45) is 4.10. The highest BCUT2D eigenvalue weighted by atomic mass is 127. The molecule has 0 atom stereocenters. The molecule has 1 aromatic heterocycles. The lowest BCUT2D eigenvalue weighted by atomic mass is 10.6. The van der Waals surface area contributed by atoms with E-state index in [9.17, 15) is 0 Å². The molecule has 0 radical (unpaired) electrons. The molecule has 0 bridgehead atoms. The fraction of sp³-hybridized carbons (Fsp3) is 0.583. The van der Waals surface area contributed by atoms with Crippen LogP contribution in [0, 0.1) is 0 Å². The first-order chi connectivity index (χ1) is 8.36. The van der Waals surface area contributed by atoms with Crippen LogP contribution in [0.4, 0.5) is 0 Å². The Balaban J connectivity index is 0.00000289. The highest BCUT2D eigenvalue weighted by Crippen LogP contribution is 1.88. The minimum absolute atomic E-state index is 0. The van der Waals surface area contributed by atoms with Crippen LogP contribution in [-0.2, 0) is 11.3 Å². The van der Waals surface area contributed by atoms with Gasteiger partial charge in [0.15, 0.2) is 5.96 Å². The summed E-state index contributed by atoms with van der Waals surface area (Å²) in [7, 11) is 1.68. The van der Waals surface area contributed by atoms with Gasteiger partial charge in [0.2, 0.25) is 0 Å². The number of aromatic nitrogens is 1. The Morgan fingerprint density at radius 1 is 1.28 bits per heavy atom. The number of nitrogens with one attached hydrogen (secondary N) is 2. The Morgan fingerprint density at radius 3 is 2.61 bits per heavy atom. The predicted octanol–water partition coefficient (Wildman–Crippen LogP) is 1.31. The van der Waals surface area contributed by atoms with E-state index in [0.717, 1.165) is 25.6 Å². The quantitative estimate of drug-likeness (QED) is 0.331. The number of hydrogen-bond donors (Lipinski definition) is 2. The fourth-order valence-electron chi connectivity index (χ4n) is 1.41. The zero-order valence-electron chi connectivity index (χ0n) is 11.1. The summed E-state index contributed by atoms with van der Waals surface area (Å²) in [5.41, 5.74) is 0. The third-order valence-corrected chi connectivity index (χ3v) is 2.24. The molecule has 0 fully saturated rings. The summed E-state index contributed by atoms with van der Waals surface area (Å²) in [5.74, 6) is 0.844. The topological polar surface area (TPSA) is 50.6 Å². The zero-order chi connectivity index (χ0) is 12.3. The van der Waals surface area contributed by atoms with Crippen LogP contribution >= 0.6 is 24.0 Å². The van der Waals surface area contributed by atoms with Crippen LogP contribution in [0.15, 0.2) is 29.5 Å². The molecule has 6 heteroatoms. The average Bonchev–Trinajstić information content (AvgIpc) is 2.82. The number of hydrogen-bond acceptors (Lipinski definition) is 2. The van der Waals surface area contributed by atoms with Gasteiger partial charge in [-0.2, -0.15) is 0 Å². The summed E-state index contributed by atoms with van der Waals surface area (Å²) in [4.78, 5) is 4.38. The van der Waals surface area contributed by atoms with Crippen molar-refractivity contribution in [3.05, 3.63) is 24.5 Å². The van der Waals surface area contributed by atoms with Gasteiger partial charge in [0.1, 0.15) is 0 Å². The lowest BCUT2D eigenvalue weighted by Gasteiger charge is -2.11. The first-order valence-electron chi connectivity index (χ1n) is 5.98. The number of ether oxygens (including phenoxy) is 1. The molecular weight excluding hydrogens is 343 g/mol. The lowest BCUT2D eigenvalue weighted by Crippen LogP contribution is -2.39. The van der Waals surface area contributed by atoms with Crippen molar-refractivity contribution in [1.82, 2.24) is 15.2 Å². The van der Waals surface area contributed by atoms with E-state index in [1.54, 1.807) is 7.11 Å². The van der Waals surface area contributed by atoms with Crippen LogP contribution in [0.1, 0.15) is 6.92 Å². The summed E-state index contributed by atoms with van der Waals surface area (Å²) in [5, 5.41) is 6.48. The molecule has 0 aliphatic rings. The standard InChI is InChI=1S/C12H22N4O.HI/c1-3-13-12(15-7-11-17-2)14-6-10-16-8-4-5-9-16;/h4-5,8-9H,3,6-7,10-11H2,1-2H3,(H2,13,14,15);1H. The molecular formula is C12H23IN4O. The number of guanidine groups is 1. The zero-order valence-corrected chi connectivity index (χ0v) is 13.4. The van der Waals surface area contributed by atoms with Crippen molar-refractivity contribution in [3.63, 3.8) is 0 Å². The normalized spacial score (nSPS) is 10.9. The molecule has 0 aliphatic heterocycles. The van der Waals surface area contributed by atoms with Crippen LogP contribution in [0.5, 0.6) is 0 Å². The van der Waals surface area contributed by atoms with E-state index >= 15 is 0 Å². The monoisotopic (exact) mass is 366 g/mol. The molecule has 0 saturated heterocycles. The summed E-state index contributed by atoms with van der Waals surface area (Å²) in [6.45, 7) is 6.03. The number of methoxy groups -OCH3 is 1. The third kappa shape index (κ3) is 7.54. The second kappa shape index (κ2) is 11.3. The summed E-state index contributed by atoms with van der Waals surface area (Å²) < 4.78 is 7.10. The van der Waals surface area contributed by atoms with E-state index in [0.29, 0.717) is 13.2 Å². The number of rotatable bonds is 7. The molecule has 0 amide bonds. The van der Waals surface area contributed by atoms with Gasteiger partial charge >= 0.3 is 0 Å². The number of halogens is 1. The Bertz CT molecular complexity index is 314. The van der Waals surface area contributed by atoms with E-state index in [4.69, 9.17) is 4.74 Å². The minimum atomic E-state index is 0. The van der Waals surface area contributed by atoms with E-state index in [1.807, 2.05) is 12.1 Å². The second-order valence-electron chi connectivity index (χ2n) is 3.60. The Kier molecular flexibility index (Phi) is 10.9. The maximum absolute atomic E-state index is 4.97. The van der Waals surface area contributed by atoms with Crippen molar-refractivity contribution < 1.29 is 4.74 Å². The molecule has 1 heterocycles. The van der Waals surface area contributed by atoms with Gasteiger partial charge in [-0.15, -0.1) is 24.0 Å². The van der Waals surface area contributed by atoms with Crippen LogP contribution < -0.4 is 10.6 Å². The number of nitrogens with zero attached hydrogens (tertiary/aromatic N) is 2. The summed E-state index contributed by atoms with van der Waals surface area (Å²) in [6, 6.07) is 4.05. The molecule has 5 nitrogen and oxygen atoms in total. The van der Waals surface area contributed by atoms with Gasteiger partial charge in [-0.3, -0.25) is 4.99 Å². The van der Waals surface area contributed by atoms with Crippen molar-refractivity contribution in [1.29, 1.82) is 0 Å². The Hall–Kier alpha value is -0.760. The van der Waals surface area contributed by atoms with Crippen molar-refractivity contribution in [2.45, 2.75) is 13.5 Å². The lowest BCUT2D eigenvalue weighted by molar-refractivity contribution is 0.208. The fourth-order valence-corrected chi connectivity index (χ4v) is 1.41. The van der Waals surface area contributed by atoms with Crippen molar-refractivity contribution in [2.75, 3.05) is 33.4 Å². The van der Waals surface area contributed by atoms with E-state index in [-0.39, 0.29) is 24.0 Å². The Labute approximate surface area is 126 Å². The van der Waals surface area contributed by atoms with Gasteiger partial charge in [-0.05, 0) is 19.1 Å². The molecule has 0 aromatic carbocycles. The third-order valence-electron chi connectivity index (χ3n) is 2.24. The first-order valence-corrected chi connectivity index (χ1v) is 5.98. The molecule has 1 aromatic rings. The van der Waals surface area contributed by atoms with Crippen LogP contribution in [0.2, 0.25) is 0 Å². The second-order valence-corrected chi connectivity index (χ2v) is 3.60. The van der Waals surface area contributed by atoms with Gasteiger partial charge in [0, 0.05) is 39.1 Å². The van der Waals surface area contributed by atoms with Gasteiger partial charge in [-0.1, -0.05) is 0 Å². The van der Waals surface area contributed by atoms with Crippen molar-refractivity contribution >= 4 is 29.9 Å². The molecule has 2 N–H and O–H groups in total. The molecule has 1 rings (SSSR count). The summed E-state index contributed by atoms with van der Waals surface area (Å²) >= 11 is 0. The molecule has 0 unspecified atom stereocenters. The molecule has 0 saturated carbocycles. The highest BCUT2D eigenvalue weighted by Gasteiger charge is 1.96. The molecule has 18 heavy (non-hydrogen) atoms. The minimum Gasteiger partial charge on any atom is -0.383 e. The smallest absolute Gasteiger partial charge is 0.191 e. The Morgan fingerprint density at radius 2 is 2.00 bits per heavy atom. The molecule has 0 spiro atoms. The molecule has 104 valence electrons. The number of aliphatic imine (C=N–C) groups is 1. The van der Waals surface area contributed by atoms with Gasteiger partial charge < -0.3 is 19.9 Å². The van der Waals surface area contributed by atoms with Crippen molar-refractivity contribution in [2.24, 2.45) is 4.99 Å². The first kappa shape index (κ1) is 17.2. The van der Waals surface area contributed by atoms with Crippen molar-refractivity contribution in [3.8, 4) is 0 Å². The van der Waals surface area contributed by atoms with E-state index < -0.39 is 0 Å². The maximum Gasteiger partial charge on any atom is 0.191 e.